The van der Waals surface area contributed by atoms with Crippen LogP contribution in [-0.2, 0) is 16.6 Å². The topological polar surface area (TPSA) is 64.4 Å². The Morgan fingerprint density at radius 2 is 2.40 bits per heavy atom. The van der Waals surface area contributed by atoms with Crippen LogP contribution in [0.3, 0.4) is 0 Å². The van der Waals surface area contributed by atoms with Gasteiger partial charge in [0.1, 0.15) is 0 Å². The Morgan fingerprint density at radius 3 is 2.87 bits per heavy atom. The molecule has 0 bridgehead atoms. The Balaban J connectivity index is 2.14. The highest BCUT2D eigenvalue weighted by atomic mass is 16.5. The molecule has 1 aromatic rings. The van der Waals surface area contributed by atoms with Crippen LogP contribution in [0.5, 0.6) is 0 Å². The Bertz CT molecular complexity index is 386. The maximum Gasteiger partial charge on any atom is 0.332 e. The summed E-state index contributed by atoms with van der Waals surface area (Å²) < 4.78 is 7.17. The zero-order chi connectivity index (χ0) is 11.0. The molecule has 1 aliphatic rings. The molecular weight excluding hydrogens is 196 g/mol. The smallest absolute Gasteiger partial charge is 0.332 e. The van der Waals surface area contributed by atoms with Crippen molar-refractivity contribution in [2.24, 2.45) is 7.05 Å². The number of carboxylic acids is 1. The lowest BCUT2D eigenvalue weighted by molar-refractivity contribution is -0.149. The van der Waals surface area contributed by atoms with Gasteiger partial charge in [-0.05, 0) is 19.8 Å². The van der Waals surface area contributed by atoms with Crippen LogP contribution in [0.15, 0.2) is 6.20 Å². The van der Waals surface area contributed by atoms with Gasteiger partial charge in [0.15, 0.2) is 6.10 Å². The highest BCUT2D eigenvalue weighted by molar-refractivity contribution is 5.72. The van der Waals surface area contributed by atoms with Crippen molar-refractivity contribution in [2.75, 3.05) is 0 Å². The fraction of sp³-hybridized carbons (Fsp3) is 0.600. The number of aromatic nitrogens is 2. The SMILES string of the molecule is Cc1nn(C)cc1C1CCC(C(=O)O)O1. The fourth-order valence-electron chi connectivity index (χ4n) is 1.98. The summed E-state index contributed by atoms with van der Waals surface area (Å²) in [5.41, 5.74) is 1.91. The van der Waals surface area contributed by atoms with Crippen LogP contribution in [-0.4, -0.2) is 27.0 Å². The molecule has 1 fully saturated rings. The van der Waals surface area contributed by atoms with Crippen LogP contribution in [0.25, 0.3) is 0 Å². The lowest BCUT2D eigenvalue weighted by Crippen LogP contribution is -2.18. The predicted octanol–water partition coefficient (Wildman–Crippen LogP) is 1.03. The summed E-state index contributed by atoms with van der Waals surface area (Å²) in [5, 5.41) is 13.0. The second kappa shape index (κ2) is 3.66. The Morgan fingerprint density at radius 1 is 1.67 bits per heavy atom. The summed E-state index contributed by atoms with van der Waals surface area (Å²) >= 11 is 0. The zero-order valence-electron chi connectivity index (χ0n) is 8.80. The second-order valence-corrected chi connectivity index (χ2v) is 3.87. The van der Waals surface area contributed by atoms with Crippen molar-refractivity contribution >= 4 is 5.97 Å². The maximum atomic E-state index is 10.7. The van der Waals surface area contributed by atoms with E-state index < -0.39 is 12.1 Å². The third-order valence-electron chi connectivity index (χ3n) is 2.69. The van der Waals surface area contributed by atoms with Gasteiger partial charge in [0.2, 0.25) is 0 Å². The van der Waals surface area contributed by atoms with Gasteiger partial charge in [-0.3, -0.25) is 4.68 Å². The highest BCUT2D eigenvalue weighted by Gasteiger charge is 2.32. The minimum absolute atomic E-state index is 0.111. The first kappa shape index (κ1) is 10.2. The molecule has 2 heterocycles. The molecule has 0 radical (unpaired) electrons. The lowest BCUT2D eigenvalue weighted by atomic mass is 10.1. The minimum Gasteiger partial charge on any atom is -0.479 e. The number of hydrogen-bond donors (Lipinski definition) is 1. The number of carboxylic acid groups (broad SMARTS) is 1. The van der Waals surface area contributed by atoms with E-state index in [1.165, 1.54) is 0 Å². The first-order valence-electron chi connectivity index (χ1n) is 4.96. The zero-order valence-corrected chi connectivity index (χ0v) is 8.80. The normalized spacial score (nSPS) is 25.7. The molecule has 1 aromatic heterocycles. The molecular formula is C10H14N2O3. The minimum atomic E-state index is -0.876. The van der Waals surface area contributed by atoms with E-state index in [1.807, 2.05) is 20.2 Å². The summed E-state index contributed by atoms with van der Waals surface area (Å²) in [7, 11) is 1.85. The summed E-state index contributed by atoms with van der Waals surface area (Å²) in [6.07, 6.45) is 2.46. The van der Waals surface area contributed by atoms with E-state index in [2.05, 4.69) is 5.10 Å². The van der Waals surface area contributed by atoms with E-state index in [0.29, 0.717) is 6.42 Å². The van der Waals surface area contributed by atoms with Crippen LogP contribution in [0.4, 0.5) is 0 Å². The number of rotatable bonds is 2. The lowest BCUT2D eigenvalue weighted by Gasteiger charge is -2.09. The van der Waals surface area contributed by atoms with Crippen molar-refractivity contribution in [3.05, 3.63) is 17.5 Å². The van der Waals surface area contributed by atoms with E-state index >= 15 is 0 Å². The number of aliphatic carboxylic acids is 1. The van der Waals surface area contributed by atoms with Gasteiger partial charge >= 0.3 is 5.97 Å². The third kappa shape index (κ3) is 1.87. The quantitative estimate of drug-likeness (QED) is 0.791. The summed E-state index contributed by atoms with van der Waals surface area (Å²) in [5.74, 6) is -0.876. The summed E-state index contributed by atoms with van der Waals surface area (Å²) in [4.78, 5) is 10.7. The van der Waals surface area contributed by atoms with Crippen LogP contribution in [0, 0.1) is 6.92 Å². The predicted molar refractivity (Wildman–Crippen MR) is 52.4 cm³/mol. The van der Waals surface area contributed by atoms with Crippen molar-refractivity contribution < 1.29 is 14.6 Å². The average Bonchev–Trinajstić information content (AvgIpc) is 2.71. The molecule has 1 aliphatic heterocycles. The van der Waals surface area contributed by atoms with Gasteiger partial charge in [-0.2, -0.15) is 5.10 Å². The van der Waals surface area contributed by atoms with Gasteiger partial charge in [0.25, 0.3) is 0 Å². The van der Waals surface area contributed by atoms with E-state index in [4.69, 9.17) is 9.84 Å². The summed E-state index contributed by atoms with van der Waals surface area (Å²) in [6.45, 7) is 1.91. The number of nitrogens with zero attached hydrogens (tertiary/aromatic N) is 2. The Kier molecular flexibility index (Phi) is 2.48. The number of hydrogen-bond acceptors (Lipinski definition) is 3. The van der Waals surface area contributed by atoms with Gasteiger partial charge in [-0.25, -0.2) is 4.79 Å². The van der Waals surface area contributed by atoms with Crippen molar-refractivity contribution in [1.82, 2.24) is 9.78 Å². The van der Waals surface area contributed by atoms with Crippen LogP contribution < -0.4 is 0 Å². The molecule has 15 heavy (non-hydrogen) atoms. The molecule has 0 aliphatic carbocycles. The van der Waals surface area contributed by atoms with E-state index in [9.17, 15) is 4.79 Å². The van der Waals surface area contributed by atoms with Crippen molar-refractivity contribution in [1.29, 1.82) is 0 Å². The van der Waals surface area contributed by atoms with Gasteiger partial charge in [0.05, 0.1) is 11.8 Å². The Hall–Kier alpha value is -1.36. The second-order valence-electron chi connectivity index (χ2n) is 3.87. The molecule has 1 saturated heterocycles. The monoisotopic (exact) mass is 210 g/mol. The van der Waals surface area contributed by atoms with Crippen molar-refractivity contribution in [3.8, 4) is 0 Å². The molecule has 5 heteroatoms. The fourth-order valence-corrected chi connectivity index (χ4v) is 1.98. The maximum absolute atomic E-state index is 10.7. The number of ether oxygens (including phenoxy) is 1. The number of carbonyl (C=O) groups is 1. The van der Waals surface area contributed by atoms with Crippen molar-refractivity contribution in [3.63, 3.8) is 0 Å². The molecule has 2 atom stereocenters. The van der Waals surface area contributed by atoms with Gasteiger partial charge < -0.3 is 9.84 Å². The van der Waals surface area contributed by atoms with Crippen LogP contribution >= 0.6 is 0 Å². The molecule has 0 amide bonds. The first-order chi connectivity index (χ1) is 7.08. The Labute approximate surface area is 87.7 Å². The highest BCUT2D eigenvalue weighted by Crippen LogP contribution is 2.33. The van der Waals surface area contributed by atoms with Crippen LogP contribution in [0.1, 0.15) is 30.2 Å². The molecule has 0 saturated carbocycles. The molecule has 1 N–H and O–H groups in total. The van der Waals surface area contributed by atoms with E-state index in [-0.39, 0.29) is 6.10 Å². The molecule has 82 valence electrons. The molecule has 0 aromatic carbocycles. The van der Waals surface area contributed by atoms with Gasteiger partial charge in [0, 0.05) is 18.8 Å². The van der Waals surface area contributed by atoms with Gasteiger partial charge in [-0.15, -0.1) is 0 Å². The average molecular weight is 210 g/mol. The molecule has 2 rings (SSSR count). The third-order valence-corrected chi connectivity index (χ3v) is 2.69. The van der Waals surface area contributed by atoms with E-state index in [1.54, 1.807) is 4.68 Å². The molecule has 5 nitrogen and oxygen atoms in total. The first-order valence-corrected chi connectivity index (χ1v) is 4.96. The van der Waals surface area contributed by atoms with Crippen molar-refractivity contribution in [2.45, 2.75) is 32.0 Å². The largest absolute Gasteiger partial charge is 0.479 e. The number of aryl methyl sites for hydroxylation is 2. The summed E-state index contributed by atoms with van der Waals surface area (Å²) in [6, 6.07) is 0. The molecule has 2 unspecified atom stereocenters. The van der Waals surface area contributed by atoms with Gasteiger partial charge in [-0.1, -0.05) is 0 Å². The molecule has 0 spiro atoms. The van der Waals surface area contributed by atoms with Crippen LogP contribution in [0.2, 0.25) is 0 Å². The standard InChI is InChI=1S/C10H14N2O3/c1-6-7(5-12(2)11-6)8-3-4-9(15-8)10(13)14/h5,8-9H,3-4H2,1-2H3,(H,13,14). The van der Waals surface area contributed by atoms with E-state index in [0.717, 1.165) is 17.7 Å².